The van der Waals surface area contributed by atoms with Crippen LogP contribution in [-0.2, 0) is 10.3 Å². The lowest BCUT2D eigenvalue weighted by molar-refractivity contribution is -0.126. The Hall–Kier alpha value is -2.08. The van der Waals surface area contributed by atoms with Crippen molar-refractivity contribution in [2.45, 2.75) is 64.0 Å². The smallest absolute Gasteiger partial charge is 0.320 e. The van der Waals surface area contributed by atoms with Crippen molar-refractivity contribution in [2.75, 3.05) is 26.7 Å². The Balaban J connectivity index is 1.78. The van der Waals surface area contributed by atoms with Crippen molar-refractivity contribution in [2.24, 2.45) is 11.1 Å². The molecule has 0 unspecified atom stereocenters. The lowest BCUT2D eigenvalue weighted by Crippen LogP contribution is -2.55. The van der Waals surface area contributed by atoms with Crippen LogP contribution < -0.4 is 11.1 Å². The number of nitrogens with one attached hydrogen (secondary N) is 1. The fourth-order valence-corrected chi connectivity index (χ4v) is 4.95. The Bertz CT molecular complexity index is 739. The van der Waals surface area contributed by atoms with Gasteiger partial charge in [-0.15, -0.1) is 0 Å². The number of nitrogens with two attached hydrogens (primary N) is 1. The van der Waals surface area contributed by atoms with E-state index in [-0.39, 0.29) is 23.0 Å². The molecule has 1 heterocycles. The molecule has 2 fully saturated rings. The second-order valence-electron chi connectivity index (χ2n) is 9.55. The fourth-order valence-electron chi connectivity index (χ4n) is 4.95. The first kappa shape index (κ1) is 21.6. The zero-order valence-corrected chi connectivity index (χ0v) is 18.3. The molecule has 1 spiro atoms. The average Bonchev–Trinajstić information content (AvgIpc) is 2.93. The quantitative estimate of drug-likeness (QED) is 0.738. The second kappa shape index (κ2) is 7.98. The van der Waals surface area contributed by atoms with Crippen LogP contribution in [0.2, 0.25) is 0 Å². The molecule has 3 amide bonds. The summed E-state index contributed by atoms with van der Waals surface area (Å²) in [6.45, 7) is 7.82. The number of benzene rings is 1. The minimum atomic E-state index is -0.729. The first-order valence-corrected chi connectivity index (χ1v) is 10.8. The molecule has 3 N–H and O–H groups in total. The monoisotopic (exact) mass is 400 g/mol. The minimum Gasteiger partial charge on any atom is -0.369 e. The second-order valence-corrected chi connectivity index (χ2v) is 9.55. The third-order valence-corrected chi connectivity index (χ3v) is 7.08. The Morgan fingerprint density at radius 1 is 1.17 bits per heavy atom. The molecule has 29 heavy (non-hydrogen) atoms. The maximum Gasteiger partial charge on any atom is 0.320 e. The van der Waals surface area contributed by atoms with E-state index in [1.165, 1.54) is 5.56 Å². The van der Waals surface area contributed by atoms with E-state index in [1.807, 2.05) is 30.7 Å². The van der Waals surface area contributed by atoms with E-state index in [9.17, 15) is 9.59 Å². The molecule has 0 atom stereocenters. The van der Waals surface area contributed by atoms with Gasteiger partial charge >= 0.3 is 6.03 Å². The van der Waals surface area contributed by atoms with Crippen molar-refractivity contribution in [3.8, 4) is 0 Å². The van der Waals surface area contributed by atoms with Crippen molar-refractivity contribution in [3.63, 3.8) is 0 Å². The van der Waals surface area contributed by atoms with Crippen molar-refractivity contribution < 1.29 is 9.59 Å². The van der Waals surface area contributed by atoms with E-state index >= 15 is 0 Å². The van der Waals surface area contributed by atoms with Gasteiger partial charge in [-0.05, 0) is 58.1 Å². The summed E-state index contributed by atoms with van der Waals surface area (Å²) in [6, 6.07) is 10.7. The number of nitrogens with zero attached hydrogens (tertiary/aromatic N) is 2. The van der Waals surface area contributed by atoms with Crippen LogP contribution in [0.5, 0.6) is 0 Å². The largest absolute Gasteiger partial charge is 0.369 e. The number of hydrogen-bond acceptors (Lipinski definition) is 3. The van der Waals surface area contributed by atoms with E-state index in [0.717, 1.165) is 38.6 Å². The lowest BCUT2D eigenvalue weighted by Gasteiger charge is -2.48. The molecule has 1 saturated heterocycles. The summed E-state index contributed by atoms with van der Waals surface area (Å²) in [5, 5.41) is 3.82. The number of primary amides is 1. The topological polar surface area (TPSA) is 78.7 Å². The normalized spacial score (nSPS) is 27.7. The minimum absolute atomic E-state index is 0.00746. The predicted molar refractivity (Wildman–Crippen MR) is 115 cm³/mol. The first-order chi connectivity index (χ1) is 13.7. The van der Waals surface area contributed by atoms with Crippen molar-refractivity contribution in [3.05, 3.63) is 35.9 Å². The van der Waals surface area contributed by atoms with Crippen LogP contribution in [0.15, 0.2) is 30.3 Å². The third-order valence-electron chi connectivity index (χ3n) is 7.08. The van der Waals surface area contributed by atoms with Gasteiger partial charge < -0.3 is 20.9 Å². The molecule has 6 nitrogen and oxygen atoms in total. The van der Waals surface area contributed by atoms with Crippen LogP contribution in [0.25, 0.3) is 0 Å². The highest BCUT2D eigenvalue weighted by Gasteiger charge is 2.53. The molecule has 0 aromatic heterocycles. The summed E-state index contributed by atoms with van der Waals surface area (Å²) < 4.78 is 0. The van der Waals surface area contributed by atoms with Crippen molar-refractivity contribution in [1.29, 1.82) is 0 Å². The molecule has 1 aromatic carbocycles. The number of carbonyl (C=O) groups excluding carboxylic acids is 2. The summed E-state index contributed by atoms with van der Waals surface area (Å²) in [7, 11) is 1.91. The molecule has 0 bridgehead atoms. The molecule has 160 valence electrons. The summed E-state index contributed by atoms with van der Waals surface area (Å²) in [5.41, 5.74) is 5.95. The molecule has 1 aliphatic heterocycles. The van der Waals surface area contributed by atoms with Gasteiger partial charge in [0.05, 0.1) is 11.0 Å². The Labute approximate surface area is 174 Å². The zero-order chi connectivity index (χ0) is 21.3. The summed E-state index contributed by atoms with van der Waals surface area (Å²) in [4.78, 5) is 28.5. The Kier molecular flexibility index (Phi) is 5.95. The number of likely N-dealkylation sites (N-methyl/N-ethyl adjacent to an activating group) is 1. The highest BCUT2D eigenvalue weighted by Crippen LogP contribution is 2.46. The number of amides is 3. The van der Waals surface area contributed by atoms with Gasteiger partial charge in [-0.25, -0.2) is 4.79 Å². The highest BCUT2D eigenvalue weighted by atomic mass is 16.2. The summed E-state index contributed by atoms with van der Waals surface area (Å²) in [5.74, 6) is -0.371. The average molecular weight is 401 g/mol. The van der Waals surface area contributed by atoms with Crippen LogP contribution >= 0.6 is 0 Å². The molecule has 1 aliphatic carbocycles. The lowest BCUT2D eigenvalue weighted by atomic mass is 9.69. The van der Waals surface area contributed by atoms with Gasteiger partial charge in [-0.3, -0.25) is 4.79 Å². The SMILES string of the molecule is CCCNC1(c2ccccc2)CCC2(CC1)CN(CC(C)(C)C(N)=O)C(=O)N2C. The van der Waals surface area contributed by atoms with E-state index in [1.54, 1.807) is 0 Å². The molecule has 2 aliphatic rings. The van der Waals surface area contributed by atoms with Gasteiger partial charge in [0.25, 0.3) is 0 Å². The molecule has 6 heteroatoms. The van der Waals surface area contributed by atoms with Crippen molar-refractivity contribution in [1.82, 2.24) is 15.1 Å². The van der Waals surface area contributed by atoms with Gasteiger partial charge in [0, 0.05) is 25.7 Å². The van der Waals surface area contributed by atoms with Gasteiger partial charge in [-0.2, -0.15) is 0 Å². The van der Waals surface area contributed by atoms with E-state index < -0.39 is 5.41 Å². The van der Waals surface area contributed by atoms with Crippen LogP contribution in [0.3, 0.4) is 0 Å². The third kappa shape index (κ3) is 4.00. The molecule has 0 radical (unpaired) electrons. The molecule has 1 aromatic rings. The van der Waals surface area contributed by atoms with Crippen LogP contribution in [0.1, 0.15) is 58.4 Å². The number of urea groups is 1. The summed E-state index contributed by atoms with van der Waals surface area (Å²) >= 11 is 0. The molecular weight excluding hydrogens is 364 g/mol. The maximum atomic E-state index is 13.0. The standard InChI is InChI=1S/C23H36N4O2/c1-5-15-25-23(18-9-7-6-8-10-18)13-11-22(12-14-23)17-27(20(29)26(22)4)16-21(2,3)19(24)28/h6-10,25H,5,11-17H2,1-4H3,(H2,24,28). The van der Waals surface area contributed by atoms with E-state index in [0.29, 0.717) is 13.1 Å². The van der Waals surface area contributed by atoms with Gasteiger partial charge in [0.2, 0.25) is 5.91 Å². The molecular formula is C23H36N4O2. The van der Waals surface area contributed by atoms with Crippen LogP contribution in [0.4, 0.5) is 4.79 Å². The van der Waals surface area contributed by atoms with E-state index in [4.69, 9.17) is 5.73 Å². The van der Waals surface area contributed by atoms with E-state index in [2.05, 4.69) is 42.6 Å². The van der Waals surface area contributed by atoms with Crippen LogP contribution in [0, 0.1) is 5.41 Å². The molecule has 1 saturated carbocycles. The van der Waals surface area contributed by atoms with Gasteiger partial charge in [0.1, 0.15) is 0 Å². The fraction of sp³-hybridized carbons (Fsp3) is 0.652. The van der Waals surface area contributed by atoms with Gasteiger partial charge in [-0.1, -0.05) is 37.3 Å². The first-order valence-electron chi connectivity index (χ1n) is 10.8. The number of hydrogen-bond donors (Lipinski definition) is 2. The number of rotatable bonds is 7. The predicted octanol–water partition coefficient (Wildman–Crippen LogP) is 3.07. The highest BCUT2D eigenvalue weighted by molar-refractivity contribution is 5.82. The molecule has 3 rings (SSSR count). The van der Waals surface area contributed by atoms with Crippen LogP contribution in [-0.4, -0.2) is 54.0 Å². The van der Waals surface area contributed by atoms with Crippen molar-refractivity contribution >= 4 is 11.9 Å². The number of carbonyl (C=O) groups is 2. The zero-order valence-electron chi connectivity index (χ0n) is 18.3. The summed E-state index contributed by atoms with van der Waals surface area (Å²) in [6.07, 6.45) is 4.94. The Morgan fingerprint density at radius 2 is 1.79 bits per heavy atom. The Morgan fingerprint density at radius 3 is 2.34 bits per heavy atom. The van der Waals surface area contributed by atoms with Gasteiger partial charge in [0.15, 0.2) is 0 Å². The maximum absolute atomic E-state index is 13.0.